The van der Waals surface area contributed by atoms with Crippen molar-refractivity contribution in [1.82, 2.24) is 9.55 Å². The summed E-state index contributed by atoms with van der Waals surface area (Å²) in [6.45, 7) is 2.99. The SMILES string of the molecule is CCCn1c(C2CCC(C(=O)O)C2)nc2cccc(Cl)c21. The number of aliphatic carboxylic acids is 1. The number of nitrogens with zero attached hydrogens (tertiary/aromatic N) is 2. The highest BCUT2D eigenvalue weighted by Gasteiger charge is 2.33. The van der Waals surface area contributed by atoms with Gasteiger partial charge in [-0.2, -0.15) is 0 Å². The molecule has 0 amide bonds. The van der Waals surface area contributed by atoms with Crippen LogP contribution in [0.15, 0.2) is 18.2 Å². The van der Waals surface area contributed by atoms with E-state index >= 15 is 0 Å². The molecule has 1 saturated carbocycles. The lowest BCUT2D eigenvalue weighted by Crippen LogP contribution is -2.11. The largest absolute Gasteiger partial charge is 0.481 e. The third-order valence-corrected chi connectivity index (χ3v) is 4.65. The minimum atomic E-state index is -0.686. The first kappa shape index (κ1) is 14.4. The molecule has 1 aromatic carbocycles. The van der Waals surface area contributed by atoms with Crippen LogP contribution in [0.5, 0.6) is 0 Å². The Hall–Kier alpha value is -1.55. The number of hydrogen-bond donors (Lipinski definition) is 1. The first-order valence-corrected chi connectivity index (χ1v) is 7.87. The Morgan fingerprint density at radius 1 is 1.48 bits per heavy atom. The van der Waals surface area contributed by atoms with Crippen LogP contribution in [0.25, 0.3) is 11.0 Å². The van der Waals surface area contributed by atoms with Crippen LogP contribution in [-0.2, 0) is 11.3 Å². The van der Waals surface area contributed by atoms with Crippen molar-refractivity contribution < 1.29 is 9.90 Å². The highest BCUT2D eigenvalue weighted by molar-refractivity contribution is 6.35. The molecule has 0 aliphatic heterocycles. The molecule has 1 heterocycles. The van der Waals surface area contributed by atoms with Crippen molar-refractivity contribution in [2.45, 2.75) is 45.1 Å². The fraction of sp³-hybridized carbons (Fsp3) is 0.500. The molecule has 0 radical (unpaired) electrons. The van der Waals surface area contributed by atoms with E-state index in [0.29, 0.717) is 11.4 Å². The Bertz CT molecular complexity index is 680. The van der Waals surface area contributed by atoms with Gasteiger partial charge in [-0.1, -0.05) is 24.6 Å². The second-order valence-corrected chi connectivity index (χ2v) is 6.18. The van der Waals surface area contributed by atoms with Crippen LogP contribution in [-0.4, -0.2) is 20.6 Å². The zero-order valence-corrected chi connectivity index (χ0v) is 12.8. The molecule has 1 aliphatic rings. The number of aromatic nitrogens is 2. The van der Waals surface area contributed by atoms with Crippen LogP contribution in [0.1, 0.15) is 44.3 Å². The van der Waals surface area contributed by atoms with Gasteiger partial charge in [0.05, 0.1) is 22.0 Å². The molecular weight excluding hydrogens is 288 g/mol. The Balaban J connectivity index is 2.04. The van der Waals surface area contributed by atoms with Gasteiger partial charge in [0.25, 0.3) is 0 Å². The van der Waals surface area contributed by atoms with Crippen LogP contribution in [0.2, 0.25) is 5.02 Å². The van der Waals surface area contributed by atoms with Crippen molar-refractivity contribution >= 4 is 28.6 Å². The summed E-state index contributed by atoms with van der Waals surface area (Å²) in [5.41, 5.74) is 1.89. The Morgan fingerprint density at radius 2 is 2.29 bits per heavy atom. The number of benzene rings is 1. The molecule has 1 fully saturated rings. The maximum absolute atomic E-state index is 11.2. The lowest BCUT2D eigenvalue weighted by Gasteiger charge is -2.13. The quantitative estimate of drug-likeness (QED) is 0.926. The van der Waals surface area contributed by atoms with E-state index in [1.54, 1.807) is 0 Å². The number of halogens is 1. The normalized spacial score (nSPS) is 22.0. The molecule has 3 rings (SSSR count). The van der Waals surface area contributed by atoms with E-state index < -0.39 is 5.97 Å². The number of para-hydroxylation sites is 1. The lowest BCUT2D eigenvalue weighted by atomic mass is 10.0. The zero-order chi connectivity index (χ0) is 15.0. The summed E-state index contributed by atoms with van der Waals surface area (Å²) in [6.07, 6.45) is 3.31. The van der Waals surface area contributed by atoms with Crippen LogP contribution in [0.3, 0.4) is 0 Å². The van der Waals surface area contributed by atoms with Gasteiger partial charge in [-0.15, -0.1) is 0 Å². The topological polar surface area (TPSA) is 55.1 Å². The molecule has 1 aromatic heterocycles. The standard InChI is InChI=1S/C16H19ClN2O2/c1-2-8-19-14-12(17)4-3-5-13(14)18-15(19)10-6-7-11(9-10)16(20)21/h3-5,10-11H,2,6-9H2,1H3,(H,20,21). The van der Waals surface area contributed by atoms with E-state index in [-0.39, 0.29) is 11.8 Å². The minimum Gasteiger partial charge on any atom is -0.481 e. The molecule has 2 aromatic rings. The van der Waals surface area contributed by atoms with Gasteiger partial charge in [-0.05, 0) is 37.8 Å². The smallest absolute Gasteiger partial charge is 0.306 e. The molecule has 2 atom stereocenters. The van der Waals surface area contributed by atoms with Gasteiger partial charge in [0, 0.05) is 12.5 Å². The fourth-order valence-corrected chi connectivity index (χ4v) is 3.63. The first-order chi connectivity index (χ1) is 10.1. The maximum Gasteiger partial charge on any atom is 0.306 e. The molecule has 0 spiro atoms. The summed E-state index contributed by atoms with van der Waals surface area (Å²) in [6, 6.07) is 5.77. The molecule has 21 heavy (non-hydrogen) atoms. The van der Waals surface area contributed by atoms with Crippen molar-refractivity contribution in [3.05, 3.63) is 29.0 Å². The van der Waals surface area contributed by atoms with Crippen molar-refractivity contribution in [1.29, 1.82) is 0 Å². The average Bonchev–Trinajstić information content (AvgIpc) is 3.04. The molecule has 2 unspecified atom stereocenters. The number of hydrogen-bond acceptors (Lipinski definition) is 2. The van der Waals surface area contributed by atoms with Crippen LogP contribution < -0.4 is 0 Å². The Labute approximate surface area is 128 Å². The van der Waals surface area contributed by atoms with Crippen molar-refractivity contribution in [3.8, 4) is 0 Å². The molecule has 1 aliphatic carbocycles. The third kappa shape index (κ3) is 2.53. The number of imidazole rings is 1. The van der Waals surface area contributed by atoms with Gasteiger partial charge in [0.2, 0.25) is 0 Å². The highest BCUT2D eigenvalue weighted by atomic mass is 35.5. The van der Waals surface area contributed by atoms with Crippen molar-refractivity contribution in [2.24, 2.45) is 5.92 Å². The number of carboxylic acid groups (broad SMARTS) is 1. The lowest BCUT2D eigenvalue weighted by molar-refractivity contribution is -0.141. The summed E-state index contributed by atoms with van der Waals surface area (Å²) < 4.78 is 2.19. The summed E-state index contributed by atoms with van der Waals surface area (Å²) in [4.78, 5) is 15.9. The van der Waals surface area contributed by atoms with Gasteiger partial charge < -0.3 is 9.67 Å². The van der Waals surface area contributed by atoms with Crippen molar-refractivity contribution in [3.63, 3.8) is 0 Å². The fourth-order valence-electron chi connectivity index (χ4n) is 3.36. The van der Waals surface area contributed by atoms with Crippen molar-refractivity contribution in [2.75, 3.05) is 0 Å². The number of aryl methyl sites for hydroxylation is 1. The highest BCUT2D eigenvalue weighted by Crippen LogP contribution is 2.40. The first-order valence-electron chi connectivity index (χ1n) is 7.49. The summed E-state index contributed by atoms with van der Waals surface area (Å²) >= 11 is 6.34. The number of carbonyl (C=O) groups is 1. The number of fused-ring (bicyclic) bond motifs is 1. The van der Waals surface area contributed by atoms with E-state index in [4.69, 9.17) is 16.6 Å². The van der Waals surface area contributed by atoms with Gasteiger partial charge in [0.1, 0.15) is 5.82 Å². The van der Waals surface area contributed by atoms with E-state index in [2.05, 4.69) is 11.5 Å². The zero-order valence-electron chi connectivity index (χ0n) is 12.1. The summed E-state index contributed by atoms with van der Waals surface area (Å²) in [7, 11) is 0. The van der Waals surface area contributed by atoms with Crippen LogP contribution in [0.4, 0.5) is 0 Å². The second kappa shape index (κ2) is 5.68. The monoisotopic (exact) mass is 306 g/mol. The molecule has 5 heteroatoms. The van der Waals surface area contributed by atoms with E-state index in [9.17, 15) is 9.90 Å². The molecule has 0 bridgehead atoms. The number of carboxylic acids is 1. The Morgan fingerprint density at radius 3 is 2.95 bits per heavy atom. The van der Waals surface area contributed by atoms with Gasteiger partial charge in [0.15, 0.2) is 0 Å². The second-order valence-electron chi connectivity index (χ2n) is 5.77. The van der Waals surface area contributed by atoms with Gasteiger partial charge in [-0.25, -0.2) is 4.98 Å². The average molecular weight is 307 g/mol. The van der Waals surface area contributed by atoms with E-state index in [1.165, 1.54) is 0 Å². The summed E-state index contributed by atoms with van der Waals surface area (Å²) in [5.74, 6) is 0.305. The third-order valence-electron chi connectivity index (χ3n) is 4.34. The molecular formula is C16H19ClN2O2. The summed E-state index contributed by atoms with van der Waals surface area (Å²) in [5, 5.41) is 9.90. The molecule has 1 N–H and O–H groups in total. The Kier molecular flexibility index (Phi) is 3.89. The maximum atomic E-state index is 11.2. The number of rotatable bonds is 4. The van der Waals surface area contributed by atoms with Gasteiger partial charge in [-0.3, -0.25) is 4.79 Å². The van der Waals surface area contributed by atoms with E-state index in [1.807, 2.05) is 18.2 Å². The predicted molar refractivity (Wildman–Crippen MR) is 82.8 cm³/mol. The van der Waals surface area contributed by atoms with Gasteiger partial charge >= 0.3 is 5.97 Å². The molecule has 0 saturated heterocycles. The minimum absolute atomic E-state index is 0.223. The van der Waals surface area contributed by atoms with Crippen LogP contribution >= 0.6 is 11.6 Å². The van der Waals surface area contributed by atoms with Crippen LogP contribution in [0, 0.1) is 5.92 Å². The predicted octanol–water partition coefficient (Wildman–Crippen LogP) is 4.07. The molecule has 4 nitrogen and oxygen atoms in total. The molecule has 112 valence electrons. The van der Waals surface area contributed by atoms with E-state index in [0.717, 1.165) is 42.7 Å².